The standard InChI is InChI=1S/C21H24N4O3S/c1-14(2)25-20(12-13-22-25)23-21(26)17-8-10-18(11-9-17)29(27,28)24-19-7-5-6-15(3)16(19)4/h5-14,24H,1-4H3,(H,23,26). The van der Waals surface area contributed by atoms with Gasteiger partial charge < -0.3 is 5.32 Å². The number of aromatic nitrogens is 2. The summed E-state index contributed by atoms with van der Waals surface area (Å²) in [6.45, 7) is 7.71. The Balaban J connectivity index is 1.77. The van der Waals surface area contributed by atoms with Crippen LogP contribution in [0.4, 0.5) is 11.5 Å². The number of sulfonamides is 1. The minimum Gasteiger partial charge on any atom is -0.307 e. The maximum atomic E-state index is 12.7. The summed E-state index contributed by atoms with van der Waals surface area (Å²) in [5.74, 6) is 0.247. The zero-order chi connectivity index (χ0) is 21.2. The molecular formula is C21H24N4O3S. The second kappa shape index (κ2) is 8.08. The van der Waals surface area contributed by atoms with E-state index in [0.717, 1.165) is 11.1 Å². The molecule has 0 spiro atoms. The van der Waals surface area contributed by atoms with Crippen molar-refractivity contribution in [2.45, 2.75) is 38.6 Å². The van der Waals surface area contributed by atoms with Crippen molar-refractivity contribution >= 4 is 27.4 Å². The molecule has 2 aromatic carbocycles. The van der Waals surface area contributed by atoms with E-state index in [2.05, 4.69) is 15.1 Å². The monoisotopic (exact) mass is 412 g/mol. The van der Waals surface area contributed by atoms with Gasteiger partial charge in [0.2, 0.25) is 0 Å². The molecule has 0 saturated carbocycles. The molecule has 0 aliphatic carbocycles. The number of carbonyl (C=O) groups excluding carboxylic acids is 1. The number of aryl methyl sites for hydroxylation is 1. The lowest BCUT2D eigenvalue weighted by Crippen LogP contribution is -2.17. The van der Waals surface area contributed by atoms with Crippen LogP contribution >= 0.6 is 0 Å². The van der Waals surface area contributed by atoms with Gasteiger partial charge in [0.05, 0.1) is 16.8 Å². The highest BCUT2D eigenvalue weighted by Crippen LogP contribution is 2.22. The number of nitrogens with one attached hydrogen (secondary N) is 2. The van der Waals surface area contributed by atoms with Gasteiger partial charge in [-0.3, -0.25) is 9.52 Å². The van der Waals surface area contributed by atoms with E-state index >= 15 is 0 Å². The van der Waals surface area contributed by atoms with Crippen LogP contribution in [0.1, 0.15) is 41.4 Å². The Labute approximate surface area is 170 Å². The van der Waals surface area contributed by atoms with Gasteiger partial charge in [0.15, 0.2) is 0 Å². The quantitative estimate of drug-likeness (QED) is 0.636. The highest BCUT2D eigenvalue weighted by molar-refractivity contribution is 7.92. The first kappa shape index (κ1) is 20.6. The maximum Gasteiger partial charge on any atom is 0.261 e. The van der Waals surface area contributed by atoms with E-state index in [0.29, 0.717) is 17.1 Å². The summed E-state index contributed by atoms with van der Waals surface area (Å²) in [5.41, 5.74) is 2.76. The van der Waals surface area contributed by atoms with Crippen LogP contribution < -0.4 is 10.0 Å². The molecule has 0 bridgehead atoms. The molecule has 0 fully saturated rings. The van der Waals surface area contributed by atoms with Crippen molar-refractivity contribution in [3.8, 4) is 0 Å². The predicted octanol–water partition coefficient (Wildman–Crippen LogP) is 4.13. The average Bonchev–Trinajstić information content (AvgIpc) is 3.14. The molecule has 3 aromatic rings. The fourth-order valence-corrected chi connectivity index (χ4v) is 3.99. The highest BCUT2D eigenvalue weighted by atomic mass is 32.2. The normalized spacial score (nSPS) is 11.5. The van der Waals surface area contributed by atoms with E-state index < -0.39 is 10.0 Å². The zero-order valence-corrected chi connectivity index (χ0v) is 17.6. The Hall–Kier alpha value is -3.13. The minimum atomic E-state index is -3.76. The van der Waals surface area contributed by atoms with Crippen molar-refractivity contribution < 1.29 is 13.2 Å². The first-order valence-corrected chi connectivity index (χ1v) is 10.7. The number of anilines is 2. The fourth-order valence-electron chi connectivity index (χ4n) is 2.86. The molecule has 8 heteroatoms. The molecule has 29 heavy (non-hydrogen) atoms. The topological polar surface area (TPSA) is 93.1 Å². The van der Waals surface area contributed by atoms with Gasteiger partial charge in [-0.05, 0) is 69.2 Å². The molecule has 152 valence electrons. The van der Waals surface area contributed by atoms with Crippen LogP contribution in [0.3, 0.4) is 0 Å². The second-order valence-electron chi connectivity index (χ2n) is 7.09. The van der Waals surface area contributed by atoms with Crippen LogP contribution in [-0.4, -0.2) is 24.1 Å². The largest absolute Gasteiger partial charge is 0.307 e. The summed E-state index contributed by atoms with van der Waals surface area (Å²) < 4.78 is 29.7. The summed E-state index contributed by atoms with van der Waals surface area (Å²) in [4.78, 5) is 12.6. The van der Waals surface area contributed by atoms with Crippen molar-refractivity contribution in [1.82, 2.24) is 9.78 Å². The zero-order valence-electron chi connectivity index (χ0n) is 16.8. The van der Waals surface area contributed by atoms with E-state index in [-0.39, 0.29) is 16.8 Å². The minimum absolute atomic E-state index is 0.0854. The van der Waals surface area contributed by atoms with E-state index in [1.165, 1.54) is 24.3 Å². The second-order valence-corrected chi connectivity index (χ2v) is 8.77. The first-order chi connectivity index (χ1) is 13.7. The molecule has 0 radical (unpaired) electrons. The molecule has 3 rings (SSSR count). The van der Waals surface area contributed by atoms with Gasteiger partial charge in [-0.25, -0.2) is 13.1 Å². The summed E-state index contributed by atoms with van der Waals surface area (Å²) >= 11 is 0. The fraction of sp³-hybridized carbons (Fsp3) is 0.238. The number of hydrogen-bond acceptors (Lipinski definition) is 4. The van der Waals surface area contributed by atoms with E-state index in [1.54, 1.807) is 29.1 Å². The Morgan fingerprint density at radius 3 is 2.38 bits per heavy atom. The van der Waals surface area contributed by atoms with Crippen molar-refractivity contribution in [3.63, 3.8) is 0 Å². The van der Waals surface area contributed by atoms with Gasteiger partial charge in [0.25, 0.3) is 15.9 Å². The molecule has 0 atom stereocenters. The Bertz CT molecular complexity index is 1130. The third-order valence-electron chi connectivity index (χ3n) is 4.68. The van der Waals surface area contributed by atoms with Crippen LogP contribution in [0, 0.1) is 13.8 Å². The van der Waals surface area contributed by atoms with Gasteiger partial charge >= 0.3 is 0 Å². The van der Waals surface area contributed by atoms with Crippen molar-refractivity contribution in [2.75, 3.05) is 10.0 Å². The van der Waals surface area contributed by atoms with Gasteiger partial charge in [-0.1, -0.05) is 12.1 Å². The lowest BCUT2D eigenvalue weighted by molar-refractivity contribution is 0.102. The lowest BCUT2D eigenvalue weighted by atomic mass is 10.1. The molecule has 1 amide bonds. The Morgan fingerprint density at radius 1 is 1.03 bits per heavy atom. The molecule has 0 aliphatic rings. The molecule has 0 unspecified atom stereocenters. The molecular weight excluding hydrogens is 388 g/mol. The molecule has 1 heterocycles. The average molecular weight is 413 g/mol. The molecule has 0 saturated heterocycles. The number of nitrogens with zero attached hydrogens (tertiary/aromatic N) is 2. The lowest BCUT2D eigenvalue weighted by Gasteiger charge is -2.13. The van der Waals surface area contributed by atoms with E-state index in [4.69, 9.17) is 0 Å². The summed E-state index contributed by atoms with van der Waals surface area (Å²) in [6.07, 6.45) is 1.62. The number of hydrogen-bond donors (Lipinski definition) is 2. The maximum absolute atomic E-state index is 12.7. The first-order valence-electron chi connectivity index (χ1n) is 9.23. The smallest absolute Gasteiger partial charge is 0.261 e. The van der Waals surface area contributed by atoms with Crippen LogP contribution in [0.5, 0.6) is 0 Å². The van der Waals surface area contributed by atoms with Crippen molar-refractivity contribution in [1.29, 1.82) is 0 Å². The van der Waals surface area contributed by atoms with E-state index in [1.807, 2.05) is 33.8 Å². The van der Waals surface area contributed by atoms with Gasteiger partial charge in [-0.15, -0.1) is 0 Å². The van der Waals surface area contributed by atoms with Crippen LogP contribution in [0.2, 0.25) is 0 Å². The Kier molecular flexibility index (Phi) is 5.74. The van der Waals surface area contributed by atoms with Gasteiger partial charge in [0, 0.05) is 17.7 Å². The number of carbonyl (C=O) groups is 1. The number of rotatable bonds is 6. The Morgan fingerprint density at radius 2 is 1.72 bits per heavy atom. The number of benzene rings is 2. The third kappa shape index (κ3) is 4.48. The summed E-state index contributed by atoms with van der Waals surface area (Å²) in [7, 11) is -3.76. The molecule has 7 nitrogen and oxygen atoms in total. The number of amides is 1. The van der Waals surface area contributed by atoms with Gasteiger partial charge in [0.1, 0.15) is 5.82 Å². The molecule has 2 N–H and O–H groups in total. The van der Waals surface area contributed by atoms with Crippen LogP contribution in [0.25, 0.3) is 0 Å². The molecule has 0 aliphatic heterocycles. The van der Waals surface area contributed by atoms with Crippen LogP contribution in [0.15, 0.2) is 59.6 Å². The van der Waals surface area contributed by atoms with Crippen LogP contribution in [-0.2, 0) is 10.0 Å². The van der Waals surface area contributed by atoms with Crippen molar-refractivity contribution in [3.05, 3.63) is 71.4 Å². The highest BCUT2D eigenvalue weighted by Gasteiger charge is 2.17. The van der Waals surface area contributed by atoms with Gasteiger partial charge in [-0.2, -0.15) is 5.10 Å². The third-order valence-corrected chi connectivity index (χ3v) is 6.06. The van der Waals surface area contributed by atoms with Crippen molar-refractivity contribution in [2.24, 2.45) is 0 Å². The SMILES string of the molecule is Cc1cccc(NS(=O)(=O)c2ccc(C(=O)Nc3ccnn3C(C)C)cc2)c1C. The van der Waals surface area contributed by atoms with E-state index in [9.17, 15) is 13.2 Å². The predicted molar refractivity (Wildman–Crippen MR) is 114 cm³/mol. The summed E-state index contributed by atoms with van der Waals surface area (Å²) in [5, 5.41) is 6.97. The molecule has 1 aromatic heterocycles. The summed E-state index contributed by atoms with van der Waals surface area (Å²) in [6, 6.07) is 13.1.